The van der Waals surface area contributed by atoms with E-state index >= 15 is 0 Å². The zero-order chi connectivity index (χ0) is 62.8. The number of allylic oxidation sites excluding steroid dienone is 9. The molecule has 0 aliphatic carbocycles. The van der Waals surface area contributed by atoms with E-state index < -0.39 is 12.1 Å². The van der Waals surface area contributed by atoms with Gasteiger partial charge < -0.3 is 20.3 Å². The molecule has 0 aliphatic rings. The van der Waals surface area contributed by atoms with Crippen molar-refractivity contribution in [2.24, 2.45) is 0 Å². The van der Waals surface area contributed by atoms with Crippen LogP contribution in [0.2, 0.25) is 0 Å². The van der Waals surface area contributed by atoms with Crippen molar-refractivity contribution in [3.63, 3.8) is 0 Å². The Morgan fingerprint density at radius 3 is 0.885 bits per heavy atom. The van der Waals surface area contributed by atoms with Crippen molar-refractivity contribution in [2.45, 2.75) is 431 Å². The van der Waals surface area contributed by atoms with Crippen molar-refractivity contribution in [1.29, 1.82) is 0 Å². The highest BCUT2D eigenvalue weighted by molar-refractivity contribution is 5.76. The summed E-state index contributed by atoms with van der Waals surface area (Å²) < 4.78 is 5.49. The van der Waals surface area contributed by atoms with Gasteiger partial charge >= 0.3 is 5.97 Å². The number of amides is 1. The molecule has 0 spiro atoms. The summed E-state index contributed by atoms with van der Waals surface area (Å²) in [5.74, 6) is -0.0574. The highest BCUT2D eigenvalue weighted by Crippen LogP contribution is 2.19. The summed E-state index contributed by atoms with van der Waals surface area (Å²) in [7, 11) is 0. The summed E-state index contributed by atoms with van der Waals surface area (Å²) >= 11 is 0. The minimum absolute atomic E-state index is 0.00515. The van der Waals surface area contributed by atoms with Crippen molar-refractivity contribution < 1.29 is 24.5 Å². The molecule has 0 saturated carbocycles. The first-order valence-electron chi connectivity index (χ1n) is 39.1. The van der Waals surface area contributed by atoms with E-state index in [4.69, 9.17) is 4.74 Å². The number of nitrogens with one attached hydrogen (secondary N) is 1. The normalized spacial score (nSPS) is 12.8. The van der Waals surface area contributed by atoms with E-state index in [1.165, 1.54) is 334 Å². The predicted molar refractivity (Wildman–Crippen MR) is 384 cm³/mol. The number of ether oxygens (including phenoxy) is 1. The summed E-state index contributed by atoms with van der Waals surface area (Å²) in [5, 5.41) is 23.2. The Hall–Kier alpha value is -2.44. The van der Waals surface area contributed by atoms with Crippen LogP contribution in [0.5, 0.6) is 0 Å². The summed E-state index contributed by atoms with van der Waals surface area (Å²) in [6.45, 7) is 4.91. The van der Waals surface area contributed by atoms with E-state index in [9.17, 15) is 19.8 Å². The fraction of sp³-hybridized carbons (Fsp3) is 0.852. The predicted octanol–water partition coefficient (Wildman–Crippen LogP) is 25.8. The molecule has 0 fully saturated rings. The van der Waals surface area contributed by atoms with Gasteiger partial charge in [-0.05, 0) is 96.3 Å². The smallest absolute Gasteiger partial charge is 0.305 e. The van der Waals surface area contributed by atoms with Gasteiger partial charge in [0, 0.05) is 12.8 Å². The van der Waals surface area contributed by atoms with Gasteiger partial charge in [-0.25, -0.2) is 0 Å². The first kappa shape index (κ1) is 84.6. The van der Waals surface area contributed by atoms with E-state index in [1.807, 2.05) is 6.08 Å². The van der Waals surface area contributed by atoms with Gasteiger partial charge in [0.1, 0.15) is 0 Å². The Morgan fingerprint density at radius 2 is 0.575 bits per heavy atom. The molecule has 3 N–H and O–H groups in total. The molecular weight excluding hydrogens is 1070 g/mol. The maximum Gasteiger partial charge on any atom is 0.305 e. The molecule has 0 aromatic heterocycles. The fourth-order valence-electron chi connectivity index (χ4n) is 12.1. The first-order chi connectivity index (χ1) is 43.0. The molecule has 2 atom stereocenters. The Labute approximate surface area is 543 Å². The Morgan fingerprint density at radius 1 is 0.322 bits per heavy atom. The van der Waals surface area contributed by atoms with E-state index in [-0.39, 0.29) is 18.5 Å². The molecule has 0 saturated heterocycles. The van der Waals surface area contributed by atoms with Crippen molar-refractivity contribution >= 4 is 11.9 Å². The number of rotatable bonds is 73. The molecule has 0 heterocycles. The van der Waals surface area contributed by atoms with Crippen molar-refractivity contribution in [3.05, 3.63) is 60.8 Å². The lowest BCUT2D eigenvalue weighted by Gasteiger charge is -2.20. The van der Waals surface area contributed by atoms with Crippen LogP contribution in [-0.2, 0) is 14.3 Å². The van der Waals surface area contributed by atoms with Gasteiger partial charge in [-0.1, -0.05) is 370 Å². The molecule has 0 aromatic rings. The van der Waals surface area contributed by atoms with Crippen LogP contribution in [0.3, 0.4) is 0 Å². The third-order valence-corrected chi connectivity index (χ3v) is 18.0. The maximum absolute atomic E-state index is 12.5. The standard InChI is InChI=1S/C81H151NO5/c1-3-5-7-9-11-13-15-17-19-42-45-49-53-57-61-65-69-73-79(84)78(77-83)82-80(85)74-70-66-62-58-54-50-46-43-40-38-36-34-32-30-28-26-24-22-21-23-25-27-29-31-33-35-37-39-41-44-48-52-56-60-64-68-72-76-87-81(86)75-71-67-63-59-55-51-47-20-18-16-14-12-10-8-6-4-2/h14,16,20-21,23,27,29,47,69,73,78-79,83-84H,3-13,15,17-19,22,24-26,28,30-46,48-68,70-72,74-77H2,1-2H3,(H,82,85)/b16-14-,23-21-,29-27-,47-20-,73-69+. The fourth-order valence-corrected chi connectivity index (χ4v) is 12.1. The second kappa shape index (κ2) is 76.0. The number of carbonyl (C=O) groups is 2. The van der Waals surface area contributed by atoms with Gasteiger partial charge in [0.05, 0.1) is 25.4 Å². The van der Waals surface area contributed by atoms with Crippen LogP contribution < -0.4 is 5.32 Å². The summed E-state index contributed by atoms with van der Waals surface area (Å²) in [4.78, 5) is 24.6. The molecule has 2 unspecified atom stereocenters. The lowest BCUT2D eigenvalue weighted by molar-refractivity contribution is -0.143. The van der Waals surface area contributed by atoms with Crippen LogP contribution in [-0.4, -0.2) is 47.4 Å². The molecule has 0 aromatic carbocycles. The van der Waals surface area contributed by atoms with Gasteiger partial charge in [-0.15, -0.1) is 0 Å². The molecule has 0 rings (SSSR count). The zero-order valence-electron chi connectivity index (χ0n) is 58.5. The molecule has 0 bridgehead atoms. The Bertz CT molecular complexity index is 1500. The van der Waals surface area contributed by atoms with Crippen LogP contribution in [0.4, 0.5) is 0 Å². The molecule has 510 valence electrons. The molecule has 0 radical (unpaired) electrons. The highest BCUT2D eigenvalue weighted by Gasteiger charge is 2.18. The van der Waals surface area contributed by atoms with Gasteiger partial charge in [0.25, 0.3) is 0 Å². The van der Waals surface area contributed by atoms with Gasteiger partial charge in [-0.3, -0.25) is 9.59 Å². The third-order valence-electron chi connectivity index (χ3n) is 18.0. The molecule has 6 nitrogen and oxygen atoms in total. The summed E-state index contributed by atoms with van der Waals surface area (Å²) in [6.07, 6.45) is 102. The Balaban J connectivity index is 3.38. The van der Waals surface area contributed by atoms with E-state index in [2.05, 4.69) is 67.8 Å². The van der Waals surface area contributed by atoms with Crippen LogP contribution in [0.25, 0.3) is 0 Å². The van der Waals surface area contributed by atoms with Gasteiger partial charge in [-0.2, -0.15) is 0 Å². The topological polar surface area (TPSA) is 95.9 Å². The van der Waals surface area contributed by atoms with Crippen molar-refractivity contribution in [3.8, 4) is 0 Å². The highest BCUT2D eigenvalue weighted by atomic mass is 16.5. The molecule has 0 aliphatic heterocycles. The number of aliphatic hydroxyl groups is 2. The van der Waals surface area contributed by atoms with E-state index in [0.29, 0.717) is 19.4 Å². The molecule has 87 heavy (non-hydrogen) atoms. The maximum atomic E-state index is 12.5. The monoisotopic (exact) mass is 1220 g/mol. The second-order valence-electron chi connectivity index (χ2n) is 26.7. The van der Waals surface area contributed by atoms with E-state index in [0.717, 1.165) is 57.8 Å². The third kappa shape index (κ3) is 72.5. The Kier molecular flexibility index (Phi) is 73.9. The lowest BCUT2D eigenvalue weighted by Crippen LogP contribution is -2.45. The summed E-state index contributed by atoms with van der Waals surface area (Å²) in [5.41, 5.74) is 0. The molecule has 1 amide bonds. The second-order valence-corrected chi connectivity index (χ2v) is 26.7. The number of aliphatic hydroxyl groups excluding tert-OH is 2. The number of hydrogen-bond acceptors (Lipinski definition) is 5. The lowest BCUT2D eigenvalue weighted by atomic mass is 10.0. The van der Waals surface area contributed by atoms with Crippen LogP contribution in [0, 0.1) is 0 Å². The molecule has 6 heteroatoms. The quantitative estimate of drug-likeness (QED) is 0.0320. The van der Waals surface area contributed by atoms with E-state index in [1.54, 1.807) is 6.08 Å². The number of unbranched alkanes of at least 4 members (excludes halogenated alkanes) is 54. The van der Waals surface area contributed by atoms with Gasteiger partial charge in [0.15, 0.2) is 0 Å². The van der Waals surface area contributed by atoms with Crippen molar-refractivity contribution in [1.82, 2.24) is 5.32 Å². The molecular formula is C81H151NO5. The SMILES string of the molecule is CCCCCC/C=C\C/C=C\CCCCCCCC(=O)OCCCCCCCCCCCCCCC/C=C\C/C=C\CCCCCCCCCCCCCCCCCCCC(=O)NC(CO)C(O)/C=C/CCCCCCCCCCCCCCCCC. The minimum atomic E-state index is -0.844. The van der Waals surface area contributed by atoms with Crippen molar-refractivity contribution in [2.75, 3.05) is 13.2 Å². The average Bonchev–Trinajstić information content (AvgIpc) is 3.53. The first-order valence-corrected chi connectivity index (χ1v) is 39.1. The van der Waals surface area contributed by atoms with Crippen LogP contribution >= 0.6 is 0 Å². The number of carbonyl (C=O) groups excluding carboxylic acids is 2. The van der Waals surface area contributed by atoms with Crippen LogP contribution in [0.1, 0.15) is 418 Å². The average molecular weight is 1220 g/mol. The minimum Gasteiger partial charge on any atom is -0.466 e. The number of esters is 1. The van der Waals surface area contributed by atoms with Crippen LogP contribution in [0.15, 0.2) is 60.8 Å². The largest absolute Gasteiger partial charge is 0.466 e. The zero-order valence-corrected chi connectivity index (χ0v) is 58.5. The number of hydrogen-bond donors (Lipinski definition) is 3. The summed E-state index contributed by atoms with van der Waals surface area (Å²) in [6, 6.07) is -0.627. The van der Waals surface area contributed by atoms with Gasteiger partial charge in [0.2, 0.25) is 5.91 Å².